The van der Waals surface area contributed by atoms with Gasteiger partial charge in [0.05, 0.1) is 19.1 Å². The van der Waals surface area contributed by atoms with Crippen molar-refractivity contribution in [1.82, 2.24) is 0 Å². The summed E-state index contributed by atoms with van der Waals surface area (Å²) in [5.74, 6) is -0.626. The molecule has 0 saturated carbocycles. The maximum atomic E-state index is 11.6. The molecule has 0 saturated heterocycles. The predicted molar refractivity (Wildman–Crippen MR) is 117 cm³/mol. The first-order valence-corrected chi connectivity index (χ1v) is 10.5. The average Bonchev–Trinajstić information content (AvgIpc) is 2.76. The Morgan fingerprint density at radius 1 is 0.742 bits per heavy atom. The van der Waals surface area contributed by atoms with Gasteiger partial charge in [-0.1, -0.05) is 60.7 Å². The lowest BCUT2D eigenvalue weighted by Crippen LogP contribution is -2.34. The van der Waals surface area contributed by atoms with Crippen molar-refractivity contribution in [2.75, 3.05) is 19.8 Å². The van der Waals surface area contributed by atoms with E-state index < -0.39 is 23.4 Å². The fourth-order valence-electron chi connectivity index (χ4n) is 3.48. The topological polar surface area (TPSA) is 105 Å². The molecule has 0 aliphatic rings. The largest absolute Gasteiger partial charge is 0.377 e. The summed E-state index contributed by atoms with van der Waals surface area (Å²) < 4.78 is 11.2. The van der Waals surface area contributed by atoms with Crippen molar-refractivity contribution in [3.05, 3.63) is 92.0 Å². The van der Waals surface area contributed by atoms with Gasteiger partial charge in [0.15, 0.2) is 0 Å². The van der Waals surface area contributed by atoms with Crippen LogP contribution >= 0.6 is 0 Å². The quantitative estimate of drug-likeness (QED) is 0.220. The molecule has 0 N–H and O–H groups in total. The maximum Gasteiger partial charge on any atom is 0.222 e. The van der Waals surface area contributed by atoms with E-state index in [0.717, 1.165) is 11.1 Å². The molecule has 2 unspecified atom stereocenters. The second-order valence-electron chi connectivity index (χ2n) is 7.49. The summed E-state index contributed by atoms with van der Waals surface area (Å²) in [4.78, 5) is 21.8. The van der Waals surface area contributed by atoms with Gasteiger partial charge in [0.25, 0.3) is 0 Å². The lowest BCUT2D eigenvalue weighted by molar-refractivity contribution is -0.556. The minimum absolute atomic E-state index is 0.255. The Bertz CT molecular complexity index is 772. The van der Waals surface area contributed by atoms with Gasteiger partial charge in [-0.25, -0.2) is 0 Å². The van der Waals surface area contributed by atoms with Crippen molar-refractivity contribution in [2.24, 2.45) is 5.92 Å². The molecule has 31 heavy (non-hydrogen) atoms. The van der Waals surface area contributed by atoms with Crippen molar-refractivity contribution >= 4 is 0 Å². The van der Waals surface area contributed by atoms with Crippen molar-refractivity contribution in [3.63, 3.8) is 0 Å². The fourth-order valence-corrected chi connectivity index (χ4v) is 3.48. The SMILES string of the molecule is O=[N+]([O-])CC(CCCOCc1ccccc1)C(CCCOCc1ccccc1)[N+](=O)[O-]. The van der Waals surface area contributed by atoms with Crippen LogP contribution in [0.15, 0.2) is 60.7 Å². The van der Waals surface area contributed by atoms with E-state index in [-0.39, 0.29) is 11.3 Å². The van der Waals surface area contributed by atoms with Crippen LogP contribution < -0.4 is 0 Å². The summed E-state index contributed by atoms with van der Waals surface area (Å²) in [5.41, 5.74) is 2.08. The van der Waals surface area contributed by atoms with Crippen LogP contribution in [0.4, 0.5) is 0 Å². The molecule has 0 radical (unpaired) electrons. The predicted octanol–water partition coefficient (Wildman–Crippen LogP) is 4.52. The first-order valence-electron chi connectivity index (χ1n) is 10.5. The number of benzene rings is 2. The Labute approximate surface area is 182 Å². The van der Waals surface area contributed by atoms with Crippen LogP contribution in [-0.2, 0) is 22.7 Å². The van der Waals surface area contributed by atoms with Gasteiger partial charge < -0.3 is 9.47 Å². The molecule has 2 aromatic rings. The molecule has 0 aromatic heterocycles. The van der Waals surface area contributed by atoms with Crippen LogP contribution in [0.1, 0.15) is 36.8 Å². The van der Waals surface area contributed by atoms with Gasteiger partial charge in [-0.15, -0.1) is 0 Å². The van der Waals surface area contributed by atoms with E-state index in [1.54, 1.807) is 0 Å². The number of rotatable bonds is 16. The minimum atomic E-state index is -0.958. The molecular weight excluding hydrogens is 400 g/mol. The zero-order chi connectivity index (χ0) is 22.3. The summed E-state index contributed by atoms with van der Waals surface area (Å²) in [7, 11) is 0. The molecule has 8 nitrogen and oxygen atoms in total. The lowest BCUT2D eigenvalue weighted by Gasteiger charge is -2.18. The Balaban J connectivity index is 1.74. The highest BCUT2D eigenvalue weighted by molar-refractivity contribution is 5.14. The Morgan fingerprint density at radius 2 is 1.23 bits per heavy atom. The fraction of sp³-hybridized carbons (Fsp3) is 0.478. The van der Waals surface area contributed by atoms with Gasteiger partial charge in [-0.05, 0) is 30.4 Å². The van der Waals surface area contributed by atoms with Gasteiger partial charge in [0, 0.05) is 29.5 Å². The molecule has 2 rings (SSSR count). The molecule has 0 amide bonds. The molecule has 168 valence electrons. The van der Waals surface area contributed by atoms with Crippen LogP contribution in [0.25, 0.3) is 0 Å². The van der Waals surface area contributed by atoms with Gasteiger partial charge in [0.2, 0.25) is 12.6 Å². The highest BCUT2D eigenvalue weighted by Crippen LogP contribution is 2.20. The van der Waals surface area contributed by atoms with E-state index in [1.807, 2.05) is 60.7 Å². The number of nitrogens with zero attached hydrogens (tertiary/aromatic N) is 2. The van der Waals surface area contributed by atoms with E-state index >= 15 is 0 Å². The molecule has 2 aromatic carbocycles. The third kappa shape index (κ3) is 10.1. The third-order valence-corrected chi connectivity index (χ3v) is 5.07. The molecule has 0 bridgehead atoms. The molecule has 8 heteroatoms. The van der Waals surface area contributed by atoms with Gasteiger partial charge >= 0.3 is 0 Å². The lowest BCUT2D eigenvalue weighted by atomic mass is 9.92. The first kappa shape index (κ1) is 24.4. The van der Waals surface area contributed by atoms with Crippen LogP contribution in [0.2, 0.25) is 0 Å². The second-order valence-corrected chi connectivity index (χ2v) is 7.49. The average molecular weight is 431 g/mol. The van der Waals surface area contributed by atoms with Crippen molar-refractivity contribution < 1.29 is 19.3 Å². The van der Waals surface area contributed by atoms with Crippen LogP contribution in [0, 0.1) is 26.1 Å². The molecule has 0 fully saturated rings. The van der Waals surface area contributed by atoms with E-state index in [9.17, 15) is 20.2 Å². The monoisotopic (exact) mass is 430 g/mol. The second kappa shape index (κ2) is 14.2. The van der Waals surface area contributed by atoms with E-state index in [0.29, 0.717) is 45.7 Å². The van der Waals surface area contributed by atoms with Crippen molar-refractivity contribution in [2.45, 2.75) is 44.9 Å². The molecular formula is C23H30N2O6. The first-order chi connectivity index (χ1) is 15.1. The van der Waals surface area contributed by atoms with E-state index in [2.05, 4.69) is 0 Å². The highest BCUT2D eigenvalue weighted by Gasteiger charge is 2.34. The highest BCUT2D eigenvalue weighted by atomic mass is 16.6. The Hall–Kier alpha value is -2.84. The summed E-state index contributed by atoms with van der Waals surface area (Å²) in [6.45, 7) is 1.28. The molecule has 0 aliphatic carbocycles. The molecule has 0 heterocycles. The Kier molecular flexibility index (Phi) is 11.2. The number of hydrogen-bond acceptors (Lipinski definition) is 6. The van der Waals surface area contributed by atoms with Crippen molar-refractivity contribution in [1.29, 1.82) is 0 Å². The van der Waals surface area contributed by atoms with E-state index in [4.69, 9.17) is 9.47 Å². The molecule has 0 spiro atoms. The van der Waals surface area contributed by atoms with E-state index in [1.165, 1.54) is 0 Å². The number of nitro groups is 2. The normalized spacial score (nSPS) is 12.9. The van der Waals surface area contributed by atoms with Gasteiger partial charge in [-0.2, -0.15) is 0 Å². The summed E-state index contributed by atoms with van der Waals surface area (Å²) in [5, 5.41) is 22.7. The third-order valence-electron chi connectivity index (χ3n) is 5.07. The van der Waals surface area contributed by atoms with Gasteiger partial charge in [-0.3, -0.25) is 20.2 Å². The van der Waals surface area contributed by atoms with Crippen molar-refractivity contribution in [3.8, 4) is 0 Å². The maximum absolute atomic E-state index is 11.6. The summed E-state index contributed by atoms with van der Waals surface area (Å²) in [6, 6.07) is 18.4. The smallest absolute Gasteiger partial charge is 0.222 e. The number of hydrogen-bond donors (Lipinski definition) is 0. The summed E-state index contributed by atoms with van der Waals surface area (Å²) in [6.07, 6.45) is 1.66. The zero-order valence-electron chi connectivity index (χ0n) is 17.6. The molecule has 0 aliphatic heterocycles. The standard InChI is InChI=1S/C23H30N2O6/c26-24(27)17-22(13-7-15-30-18-20-9-3-1-4-10-20)23(25(28)29)14-8-16-31-19-21-11-5-2-6-12-21/h1-6,9-12,22-23H,7-8,13-19H2. The zero-order valence-corrected chi connectivity index (χ0v) is 17.6. The van der Waals surface area contributed by atoms with Gasteiger partial charge in [0.1, 0.15) is 0 Å². The van der Waals surface area contributed by atoms with Crippen LogP contribution in [0.3, 0.4) is 0 Å². The van der Waals surface area contributed by atoms with Crippen LogP contribution in [-0.4, -0.2) is 35.6 Å². The summed E-state index contributed by atoms with van der Waals surface area (Å²) >= 11 is 0. The minimum Gasteiger partial charge on any atom is -0.377 e. The number of ether oxygens (including phenoxy) is 2. The Morgan fingerprint density at radius 3 is 1.68 bits per heavy atom. The molecule has 2 atom stereocenters. The van der Waals surface area contributed by atoms with Crippen LogP contribution in [0.5, 0.6) is 0 Å².